The maximum Gasteiger partial charge on any atom is 0.179 e. The summed E-state index contributed by atoms with van der Waals surface area (Å²) in [5.74, 6) is 0. The third-order valence-corrected chi connectivity index (χ3v) is 2.62. The Kier molecular flexibility index (Phi) is 8.68. The molecule has 0 saturated heterocycles. The maximum absolute atomic E-state index is 5.21. The molecule has 0 spiro atoms. The van der Waals surface area contributed by atoms with Crippen LogP contribution in [0.15, 0.2) is 35.5 Å². The Bertz CT molecular complexity index is 286. The van der Waals surface area contributed by atoms with Gasteiger partial charge >= 0.3 is 0 Å². The second-order valence-electron chi connectivity index (χ2n) is 3.89. The lowest BCUT2D eigenvalue weighted by Gasteiger charge is -2.12. The molecular formula is C14H24O3. The first kappa shape index (κ1) is 16.1. The molecule has 3 nitrogen and oxygen atoms in total. The average molecular weight is 240 g/mol. The molecule has 1 atom stereocenters. The van der Waals surface area contributed by atoms with Gasteiger partial charge in [-0.05, 0) is 31.9 Å². The molecule has 0 aromatic carbocycles. The second-order valence-corrected chi connectivity index (χ2v) is 3.89. The lowest BCUT2D eigenvalue weighted by molar-refractivity contribution is -0.0746. The third-order valence-electron chi connectivity index (χ3n) is 2.62. The van der Waals surface area contributed by atoms with Gasteiger partial charge in [0.05, 0.1) is 6.10 Å². The molecule has 0 aliphatic rings. The molecule has 0 rings (SSSR count). The first-order valence-electron chi connectivity index (χ1n) is 5.66. The van der Waals surface area contributed by atoms with Crippen LogP contribution in [0, 0.1) is 0 Å². The molecule has 17 heavy (non-hydrogen) atoms. The van der Waals surface area contributed by atoms with Gasteiger partial charge in [-0.2, -0.15) is 0 Å². The van der Waals surface area contributed by atoms with E-state index >= 15 is 0 Å². The number of ether oxygens (including phenoxy) is 3. The number of allylic oxidation sites excluding steroid dienone is 4. The summed E-state index contributed by atoms with van der Waals surface area (Å²) >= 11 is 0. The molecule has 0 aromatic rings. The summed E-state index contributed by atoms with van der Waals surface area (Å²) in [6, 6.07) is 0. The molecule has 3 heteroatoms. The highest BCUT2D eigenvalue weighted by Crippen LogP contribution is 2.07. The number of rotatable bonds is 7. The molecule has 0 saturated carbocycles. The summed E-state index contributed by atoms with van der Waals surface area (Å²) in [4.78, 5) is 0. The number of hydrogen-bond donors (Lipinski definition) is 0. The second kappa shape index (κ2) is 9.16. The Labute approximate surface area is 105 Å². The monoisotopic (exact) mass is 240 g/mol. The summed E-state index contributed by atoms with van der Waals surface area (Å²) in [5.41, 5.74) is 2.21. The Balaban J connectivity index is 4.40. The molecule has 1 unspecified atom stereocenters. The lowest BCUT2D eigenvalue weighted by atomic mass is 10.1. The largest absolute Gasteiger partial charge is 0.377 e. The van der Waals surface area contributed by atoms with Crippen LogP contribution in [-0.4, -0.2) is 33.7 Å². The average Bonchev–Trinajstić information content (AvgIpc) is 2.34. The van der Waals surface area contributed by atoms with Crippen LogP contribution in [0.2, 0.25) is 0 Å². The quantitative estimate of drug-likeness (QED) is 0.505. The molecule has 0 bridgehead atoms. The highest BCUT2D eigenvalue weighted by atomic mass is 16.7. The highest BCUT2D eigenvalue weighted by molar-refractivity contribution is 5.20. The van der Waals surface area contributed by atoms with Crippen molar-refractivity contribution in [2.24, 2.45) is 0 Å². The zero-order valence-electron chi connectivity index (χ0n) is 11.7. The predicted octanol–water partition coefficient (Wildman–Crippen LogP) is 3.09. The molecule has 0 fully saturated rings. The third kappa shape index (κ3) is 6.41. The van der Waals surface area contributed by atoms with Crippen molar-refractivity contribution in [2.75, 3.05) is 21.3 Å². The van der Waals surface area contributed by atoms with E-state index in [4.69, 9.17) is 14.2 Å². The van der Waals surface area contributed by atoms with Crippen molar-refractivity contribution >= 4 is 0 Å². The fourth-order valence-corrected chi connectivity index (χ4v) is 1.28. The topological polar surface area (TPSA) is 27.7 Å². The van der Waals surface area contributed by atoms with Crippen LogP contribution in [0.25, 0.3) is 0 Å². The van der Waals surface area contributed by atoms with Gasteiger partial charge in [0.15, 0.2) is 6.29 Å². The molecule has 0 aliphatic carbocycles. The first-order valence-corrected chi connectivity index (χ1v) is 5.66. The predicted molar refractivity (Wildman–Crippen MR) is 70.9 cm³/mol. The fraction of sp³-hybridized carbons (Fsp3) is 0.571. The van der Waals surface area contributed by atoms with Crippen LogP contribution in [0.4, 0.5) is 0 Å². The summed E-state index contributed by atoms with van der Waals surface area (Å²) < 4.78 is 15.5. The Hall–Kier alpha value is -0.900. The molecule has 0 amide bonds. The molecule has 0 aromatic heterocycles. The Morgan fingerprint density at radius 1 is 0.824 bits per heavy atom. The van der Waals surface area contributed by atoms with E-state index in [1.54, 1.807) is 21.3 Å². The van der Waals surface area contributed by atoms with E-state index in [9.17, 15) is 0 Å². The standard InChI is InChI=1S/C14H24O3/c1-11(13(3)15-4)9-7-8-10-12(2)14(16-5)17-6/h7-10,13-14H,1-6H3/b8-7+,11-9+,12-10+. The Morgan fingerprint density at radius 3 is 1.71 bits per heavy atom. The van der Waals surface area contributed by atoms with Crippen LogP contribution in [0.3, 0.4) is 0 Å². The van der Waals surface area contributed by atoms with Gasteiger partial charge in [-0.3, -0.25) is 0 Å². The van der Waals surface area contributed by atoms with E-state index in [0.29, 0.717) is 0 Å². The zero-order valence-corrected chi connectivity index (χ0v) is 11.7. The SMILES string of the molecule is COC(C)/C(C)=C/C=C/C=C(\C)C(OC)OC. The minimum atomic E-state index is -0.275. The van der Waals surface area contributed by atoms with E-state index < -0.39 is 0 Å². The molecule has 0 N–H and O–H groups in total. The van der Waals surface area contributed by atoms with E-state index in [2.05, 4.69) is 0 Å². The van der Waals surface area contributed by atoms with Gasteiger partial charge in [0.1, 0.15) is 0 Å². The molecular weight excluding hydrogens is 216 g/mol. The van der Waals surface area contributed by atoms with Gasteiger partial charge in [0.2, 0.25) is 0 Å². The normalized spacial score (nSPS) is 15.9. The van der Waals surface area contributed by atoms with Crippen molar-refractivity contribution in [1.29, 1.82) is 0 Å². The highest BCUT2D eigenvalue weighted by Gasteiger charge is 2.05. The molecule has 98 valence electrons. The van der Waals surface area contributed by atoms with E-state index in [-0.39, 0.29) is 12.4 Å². The lowest BCUT2D eigenvalue weighted by Crippen LogP contribution is -2.13. The maximum atomic E-state index is 5.21. The van der Waals surface area contributed by atoms with Gasteiger partial charge in [-0.1, -0.05) is 24.3 Å². The van der Waals surface area contributed by atoms with Gasteiger partial charge in [0, 0.05) is 21.3 Å². The summed E-state index contributed by atoms with van der Waals surface area (Å²) in [6.07, 6.45) is 7.83. The van der Waals surface area contributed by atoms with Gasteiger partial charge in [0.25, 0.3) is 0 Å². The zero-order chi connectivity index (χ0) is 13.3. The number of hydrogen-bond acceptors (Lipinski definition) is 3. The molecule has 0 radical (unpaired) electrons. The smallest absolute Gasteiger partial charge is 0.179 e. The van der Waals surface area contributed by atoms with Crippen molar-refractivity contribution in [2.45, 2.75) is 33.2 Å². The van der Waals surface area contributed by atoms with Crippen molar-refractivity contribution in [1.82, 2.24) is 0 Å². The van der Waals surface area contributed by atoms with Crippen LogP contribution in [-0.2, 0) is 14.2 Å². The van der Waals surface area contributed by atoms with Gasteiger partial charge < -0.3 is 14.2 Å². The van der Waals surface area contributed by atoms with Crippen LogP contribution >= 0.6 is 0 Å². The minimum absolute atomic E-state index is 0.149. The Morgan fingerprint density at radius 2 is 1.29 bits per heavy atom. The van der Waals surface area contributed by atoms with Gasteiger partial charge in [-0.15, -0.1) is 0 Å². The van der Waals surface area contributed by atoms with E-state index in [1.165, 1.54) is 5.57 Å². The van der Waals surface area contributed by atoms with E-state index in [1.807, 2.05) is 45.1 Å². The van der Waals surface area contributed by atoms with Crippen LogP contribution in [0.5, 0.6) is 0 Å². The van der Waals surface area contributed by atoms with Crippen molar-refractivity contribution in [3.8, 4) is 0 Å². The molecule has 0 heterocycles. The molecule has 0 aliphatic heterocycles. The van der Waals surface area contributed by atoms with Crippen LogP contribution < -0.4 is 0 Å². The summed E-state index contributed by atoms with van der Waals surface area (Å²) in [6.45, 7) is 6.03. The van der Waals surface area contributed by atoms with Gasteiger partial charge in [-0.25, -0.2) is 0 Å². The van der Waals surface area contributed by atoms with Crippen LogP contribution in [0.1, 0.15) is 20.8 Å². The summed E-state index contributed by atoms with van der Waals surface area (Å²) in [7, 11) is 4.95. The fourth-order valence-electron chi connectivity index (χ4n) is 1.28. The first-order chi connectivity index (χ1) is 8.06. The minimum Gasteiger partial charge on any atom is -0.377 e. The summed E-state index contributed by atoms with van der Waals surface area (Å²) in [5, 5.41) is 0. The van der Waals surface area contributed by atoms with Crippen molar-refractivity contribution in [3.63, 3.8) is 0 Å². The van der Waals surface area contributed by atoms with E-state index in [0.717, 1.165) is 5.57 Å². The number of methoxy groups -OCH3 is 3. The van der Waals surface area contributed by atoms with Crippen molar-refractivity contribution in [3.05, 3.63) is 35.5 Å². The van der Waals surface area contributed by atoms with Crippen molar-refractivity contribution < 1.29 is 14.2 Å².